The van der Waals surface area contributed by atoms with Crippen molar-refractivity contribution in [2.75, 3.05) is 25.1 Å². The Morgan fingerprint density at radius 1 is 1.03 bits per heavy atom. The molecule has 3 rings (SSSR count). The van der Waals surface area contributed by atoms with E-state index in [2.05, 4.69) is 0 Å². The molecule has 1 aromatic carbocycles. The molecule has 0 saturated carbocycles. The SMILES string of the molecule is CC1=CC(=C2C(=O)OC(C)(C)OC2=O)C=C(C=Cc2ccc(N(C)CCO)cc2)O1. The second-order valence-electron chi connectivity index (χ2n) is 7.48. The van der Waals surface area contributed by atoms with Crippen LogP contribution in [-0.4, -0.2) is 43.0 Å². The summed E-state index contributed by atoms with van der Waals surface area (Å²) < 4.78 is 16.1. The number of ether oxygens (including phenoxy) is 3. The molecule has 0 spiro atoms. The average molecular weight is 411 g/mol. The summed E-state index contributed by atoms with van der Waals surface area (Å²) in [6.07, 6.45) is 6.82. The predicted octanol–water partition coefficient (Wildman–Crippen LogP) is 3.08. The maximum absolute atomic E-state index is 12.3. The summed E-state index contributed by atoms with van der Waals surface area (Å²) in [6, 6.07) is 7.81. The number of hydrogen-bond acceptors (Lipinski definition) is 7. The van der Waals surface area contributed by atoms with Crippen LogP contribution >= 0.6 is 0 Å². The van der Waals surface area contributed by atoms with Crippen LogP contribution in [0.15, 0.2) is 65.2 Å². The molecule has 0 atom stereocenters. The van der Waals surface area contributed by atoms with E-state index in [0.29, 0.717) is 23.6 Å². The minimum absolute atomic E-state index is 0.0902. The van der Waals surface area contributed by atoms with Gasteiger partial charge in [0.15, 0.2) is 5.57 Å². The molecule has 7 nitrogen and oxygen atoms in total. The minimum atomic E-state index is -1.29. The van der Waals surface area contributed by atoms with Gasteiger partial charge in [-0.25, -0.2) is 9.59 Å². The number of likely N-dealkylation sites (N-methyl/N-ethyl adjacent to an activating group) is 1. The largest absolute Gasteiger partial charge is 0.462 e. The summed E-state index contributed by atoms with van der Waals surface area (Å²) in [5, 5.41) is 9.04. The molecule has 2 aliphatic rings. The highest BCUT2D eigenvalue weighted by Gasteiger charge is 2.40. The maximum atomic E-state index is 12.3. The van der Waals surface area contributed by atoms with Crippen molar-refractivity contribution in [3.8, 4) is 0 Å². The molecular weight excluding hydrogens is 386 g/mol. The summed E-state index contributed by atoms with van der Waals surface area (Å²) in [6.45, 7) is 5.39. The number of anilines is 1. The Kier molecular flexibility index (Phi) is 6.12. The van der Waals surface area contributed by atoms with Crippen LogP contribution in [0.2, 0.25) is 0 Å². The molecule has 2 aliphatic heterocycles. The average Bonchev–Trinajstić information content (AvgIpc) is 2.65. The number of carbonyl (C=O) groups is 2. The van der Waals surface area contributed by atoms with Crippen molar-refractivity contribution in [3.05, 3.63) is 70.7 Å². The van der Waals surface area contributed by atoms with Crippen LogP contribution in [0, 0.1) is 0 Å². The lowest BCUT2D eigenvalue weighted by atomic mass is 10.0. The fraction of sp³-hybridized carbons (Fsp3) is 0.304. The van der Waals surface area contributed by atoms with Crippen molar-refractivity contribution in [1.29, 1.82) is 0 Å². The van der Waals surface area contributed by atoms with Gasteiger partial charge in [-0.1, -0.05) is 18.2 Å². The van der Waals surface area contributed by atoms with Crippen LogP contribution in [0.3, 0.4) is 0 Å². The number of carbonyl (C=O) groups excluding carboxylic acids is 2. The lowest BCUT2D eigenvalue weighted by molar-refractivity contribution is -0.222. The Labute approximate surface area is 175 Å². The third-order valence-electron chi connectivity index (χ3n) is 4.52. The van der Waals surface area contributed by atoms with Crippen LogP contribution in [0.1, 0.15) is 26.3 Å². The van der Waals surface area contributed by atoms with Gasteiger partial charge in [0.25, 0.3) is 5.79 Å². The number of benzene rings is 1. The minimum Gasteiger partial charge on any atom is -0.462 e. The van der Waals surface area contributed by atoms with Crippen LogP contribution in [0.4, 0.5) is 5.69 Å². The summed E-state index contributed by atoms with van der Waals surface area (Å²) in [5.74, 6) is -1.72. The van der Waals surface area contributed by atoms with Gasteiger partial charge in [-0.15, -0.1) is 0 Å². The Morgan fingerprint density at radius 2 is 1.67 bits per heavy atom. The van der Waals surface area contributed by atoms with Crippen LogP contribution in [-0.2, 0) is 23.8 Å². The molecule has 0 aromatic heterocycles. The van der Waals surface area contributed by atoms with E-state index >= 15 is 0 Å². The second-order valence-corrected chi connectivity index (χ2v) is 7.48. The molecular formula is C23H25NO6. The van der Waals surface area contributed by atoms with Gasteiger partial charge in [-0.05, 0) is 42.8 Å². The van der Waals surface area contributed by atoms with Gasteiger partial charge in [0, 0.05) is 38.7 Å². The van der Waals surface area contributed by atoms with E-state index in [9.17, 15) is 9.59 Å². The van der Waals surface area contributed by atoms with Gasteiger partial charge >= 0.3 is 11.9 Å². The van der Waals surface area contributed by atoms with Gasteiger partial charge in [0.1, 0.15) is 11.5 Å². The smallest absolute Gasteiger partial charge is 0.349 e. The number of hydrogen-bond donors (Lipinski definition) is 1. The standard InChI is InChI=1S/C23H25NO6/c1-15-13-17(20-21(26)29-23(2,3)30-22(20)27)14-19(28-15)10-7-16-5-8-18(9-6-16)24(4)11-12-25/h5-10,13-14,25H,11-12H2,1-4H3. The fourth-order valence-corrected chi connectivity index (χ4v) is 3.07. The zero-order valence-electron chi connectivity index (χ0n) is 17.5. The van der Waals surface area contributed by atoms with Gasteiger partial charge in [-0.3, -0.25) is 0 Å². The first-order chi connectivity index (χ1) is 14.2. The topological polar surface area (TPSA) is 85.3 Å². The quantitative estimate of drug-likeness (QED) is 0.453. The molecule has 2 heterocycles. The maximum Gasteiger partial charge on any atom is 0.349 e. The summed E-state index contributed by atoms with van der Waals surface area (Å²) in [7, 11) is 1.91. The van der Waals surface area contributed by atoms with Crippen molar-refractivity contribution >= 4 is 23.7 Å². The predicted molar refractivity (Wildman–Crippen MR) is 112 cm³/mol. The Hall–Kier alpha value is -3.32. The van der Waals surface area contributed by atoms with E-state index in [-0.39, 0.29) is 12.2 Å². The van der Waals surface area contributed by atoms with E-state index in [1.807, 2.05) is 42.3 Å². The van der Waals surface area contributed by atoms with E-state index in [4.69, 9.17) is 19.3 Å². The second kappa shape index (κ2) is 8.59. The highest BCUT2D eigenvalue weighted by Crippen LogP contribution is 2.29. The first kappa shape index (κ1) is 21.4. The molecule has 0 bridgehead atoms. The van der Waals surface area contributed by atoms with Crippen molar-refractivity contribution < 1.29 is 28.9 Å². The summed E-state index contributed by atoms with van der Waals surface area (Å²) in [4.78, 5) is 26.6. The number of cyclic esters (lactones) is 2. The highest BCUT2D eigenvalue weighted by molar-refractivity contribution is 6.16. The molecule has 0 aliphatic carbocycles. The molecule has 0 radical (unpaired) electrons. The normalized spacial score (nSPS) is 18.4. The lowest BCUT2D eigenvalue weighted by Crippen LogP contribution is -2.42. The van der Waals surface area contributed by atoms with Crippen LogP contribution in [0.25, 0.3) is 6.08 Å². The fourth-order valence-electron chi connectivity index (χ4n) is 3.07. The van der Waals surface area contributed by atoms with E-state index in [0.717, 1.165) is 11.3 Å². The molecule has 1 N–H and O–H groups in total. The Morgan fingerprint density at radius 3 is 2.27 bits per heavy atom. The zero-order valence-corrected chi connectivity index (χ0v) is 17.5. The highest BCUT2D eigenvalue weighted by atomic mass is 16.7. The van der Waals surface area contributed by atoms with E-state index in [1.165, 1.54) is 13.8 Å². The lowest BCUT2D eigenvalue weighted by Gasteiger charge is -2.30. The molecule has 1 fully saturated rings. The van der Waals surface area contributed by atoms with Crippen molar-refractivity contribution in [1.82, 2.24) is 0 Å². The monoisotopic (exact) mass is 411 g/mol. The van der Waals surface area contributed by atoms with E-state index < -0.39 is 17.7 Å². The number of aliphatic hydroxyl groups is 1. The number of esters is 2. The third-order valence-corrected chi connectivity index (χ3v) is 4.52. The molecule has 1 aromatic rings. The van der Waals surface area contributed by atoms with E-state index in [1.54, 1.807) is 25.2 Å². The summed E-state index contributed by atoms with van der Waals surface area (Å²) in [5.41, 5.74) is 2.17. The van der Waals surface area contributed by atoms with Crippen LogP contribution < -0.4 is 4.90 Å². The molecule has 1 saturated heterocycles. The molecule has 7 heteroatoms. The van der Waals surface area contributed by atoms with Crippen LogP contribution in [0.5, 0.6) is 0 Å². The van der Waals surface area contributed by atoms with Crippen molar-refractivity contribution in [3.63, 3.8) is 0 Å². The first-order valence-electron chi connectivity index (χ1n) is 9.57. The zero-order chi connectivity index (χ0) is 21.9. The van der Waals surface area contributed by atoms with Gasteiger partial charge in [0.2, 0.25) is 0 Å². The van der Waals surface area contributed by atoms with Gasteiger partial charge in [-0.2, -0.15) is 0 Å². The number of aliphatic hydroxyl groups excluding tert-OH is 1. The Balaban J connectivity index is 1.82. The van der Waals surface area contributed by atoms with Gasteiger partial charge in [0.05, 0.1) is 6.61 Å². The van der Waals surface area contributed by atoms with Crippen molar-refractivity contribution in [2.45, 2.75) is 26.6 Å². The Bertz CT molecular complexity index is 944. The van der Waals surface area contributed by atoms with Crippen molar-refractivity contribution in [2.24, 2.45) is 0 Å². The number of allylic oxidation sites excluding steroid dienone is 5. The molecule has 158 valence electrons. The van der Waals surface area contributed by atoms with Gasteiger partial charge < -0.3 is 24.2 Å². The molecule has 0 amide bonds. The summed E-state index contributed by atoms with van der Waals surface area (Å²) >= 11 is 0. The number of nitrogens with zero attached hydrogens (tertiary/aromatic N) is 1. The third kappa shape index (κ3) is 4.99. The molecule has 0 unspecified atom stereocenters. The first-order valence-corrected chi connectivity index (χ1v) is 9.57. The number of rotatable bonds is 5. The molecule has 30 heavy (non-hydrogen) atoms.